The molecule has 1 N–H and O–H groups in total. The highest BCUT2D eigenvalue weighted by Crippen LogP contribution is 2.25. The number of non-ortho nitro benzene ring substituents is 1. The third-order valence-electron chi connectivity index (χ3n) is 5.34. The smallest absolute Gasteiger partial charge is 0.309 e. The molecule has 1 heterocycles. The molecular weight excluding hydrogens is 464 g/mol. The molecule has 0 saturated heterocycles. The molecule has 182 valence electrons. The summed E-state index contributed by atoms with van der Waals surface area (Å²) >= 11 is 0. The second kappa shape index (κ2) is 11.0. The van der Waals surface area contributed by atoms with E-state index in [0.717, 1.165) is 5.56 Å². The van der Waals surface area contributed by atoms with E-state index >= 15 is 0 Å². The number of benzene rings is 3. The lowest BCUT2D eigenvalue weighted by molar-refractivity contribution is -0.384. The zero-order chi connectivity index (χ0) is 25.5. The molecule has 4 rings (SSSR count). The van der Waals surface area contributed by atoms with Crippen molar-refractivity contribution in [2.24, 2.45) is 0 Å². The van der Waals surface area contributed by atoms with Gasteiger partial charge >= 0.3 is 5.97 Å². The Bertz CT molecular complexity index is 1340. The van der Waals surface area contributed by atoms with Crippen molar-refractivity contribution >= 4 is 17.6 Å². The van der Waals surface area contributed by atoms with E-state index in [4.69, 9.17) is 9.15 Å². The number of nitro groups is 1. The fourth-order valence-corrected chi connectivity index (χ4v) is 3.47. The fourth-order valence-electron chi connectivity index (χ4n) is 3.47. The number of hydrogen-bond acceptors (Lipinski definition) is 8. The summed E-state index contributed by atoms with van der Waals surface area (Å²) in [6.45, 7) is 1.59. The molecule has 4 aromatic rings. The van der Waals surface area contributed by atoms with Gasteiger partial charge in [-0.2, -0.15) is 0 Å². The van der Waals surface area contributed by atoms with Gasteiger partial charge in [0.05, 0.1) is 17.4 Å². The molecule has 0 aliphatic rings. The summed E-state index contributed by atoms with van der Waals surface area (Å²) in [6.07, 6.45) is -0.964. The molecule has 0 aliphatic carbocycles. The van der Waals surface area contributed by atoms with Gasteiger partial charge in [-0.1, -0.05) is 48.5 Å². The molecule has 1 aromatic heterocycles. The Morgan fingerprint density at radius 1 is 0.972 bits per heavy atom. The number of esters is 1. The van der Waals surface area contributed by atoms with Crippen LogP contribution in [0.5, 0.6) is 0 Å². The summed E-state index contributed by atoms with van der Waals surface area (Å²) in [5.41, 5.74) is 1.66. The van der Waals surface area contributed by atoms with Crippen LogP contribution >= 0.6 is 0 Å². The number of ether oxygens (including phenoxy) is 1. The fraction of sp³-hybridized carbons (Fsp3) is 0.154. The maximum absolute atomic E-state index is 12.8. The van der Waals surface area contributed by atoms with E-state index in [9.17, 15) is 19.7 Å². The number of nitrogens with one attached hydrogen (secondary N) is 1. The molecule has 0 radical (unpaired) electrons. The van der Waals surface area contributed by atoms with Gasteiger partial charge in [-0.3, -0.25) is 19.7 Å². The maximum Gasteiger partial charge on any atom is 0.309 e. The lowest BCUT2D eigenvalue weighted by atomic mass is 10.0. The number of carbonyl (C=O) groups excluding carboxylic acids is 2. The largest absolute Gasteiger partial charge is 0.453 e. The second-order valence-corrected chi connectivity index (χ2v) is 7.89. The zero-order valence-corrected chi connectivity index (χ0v) is 19.2. The lowest BCUT2D eigenvalue weighted by Crippen LogP contribution is -2.30. The summed E-state index contributed by atoms with van der Waals surface area (Å²) in [5.74, 6) is -0.670. The Hall–Kier alpha value is -4.86. The molecule has 36 heavy (non-hydrogen) atoms. The molecule has 2 atom stereocenters. The molecule has 0 saturated carbocycles. The van der Waals surface area contributed by atoms with Crippen LogP contribution in [0.4, 0.5) is 5.69 Å². The molecule has 0 bridgehead atoms. The first kappa shape index (κ1) is 24.3. The Kier molecular flexibility index (Phi) is 7.45. The minimum absolute atomic E-state index is 0.0619. The Balaban J connectivity index is 1.42. The molecule has 0 aliphatic heterocycles. The van der Waals surface area contributed by atoms with E-state index in [1.54, 1.807) is 31.2 Å². The third-order valence-corrected chi connectivity index (χ3v) is 5.34. The van der Waals surface area contributed by atoms with Gasteiger partial charge in [-0.05, 0) is 36.8 Å². The number of hydrogen-bond donors (Lipinski definition) is 1. The van der Waals surface area contributed by atoms with Crippen LogP contribution in [0, 0.1) is 10.1 Å². The lowest BCUT2D eigenvalue weighted by Gasteiger charge is -2.19. The average molecular weight is 486 g/mol. The molecular formula is C26H22N4O6. The molecule has 3 aromatic carbocycles. The highest BCUT2D eigenvalue weighted by Gasteiger charge is 2.24. The van der Waals surface area contributed by atoms with Crippen LogP contribution < -0.4 is 5.32 Å². The van der Waals surface area contributed by atoms with Gasteiger partial charge in [-0.25, -0.2) is 0 Å². The monoisotopic (exact) mass is 486 g/mol. The van der Waals surface area contributed by atoms with Gasteiger partial charge in [0.25, 0.3) is 17.5 Å². The maximum atomic E-state index is 12.8. The topological polar surface area (TPSA) is 137 Å². The predicted molar refractivity (Wildman–Crippen MR) is 129 cm³/mol. The predicted octanol–water partition coefficient (Wildman–Crippen LogP) is 4.81. The van der Waals surface area contributed by atoms with Gasteiger partial charge < -0.3 is 14.5 Å². The zero-order valence-electron chi connectivity index (χ0n) is 19.2. The first-order valence-electron chi connectivity index (χ1n) is 11.1. The molecule has 10 heteroatoms. The highest BCUT2D eigenvalue weighted by atomic mass is 16.6. The van der Waals surface area contributed by atoms with E-state index in [0.29, 0.717) is 11.1 Å². The van der Waals surface area contributed by atoms with Crippen molar-refractivity contribution in [3.63, 3.8) is 0 Å². The van der Waals surface area contributed by atoms with E-state index in [2.05, 4.69) is 15.5 Å². The Morgan fingerprint density at radius 2 is 1.61 bits per heavy atom. The molecule has 1 amide bonds. The summed E-state index contributed by atoms with van der Waals surface area (Å²) in [6, 6.07) is 22.9. The van der Waals surface area contributed by atoms with E-state index < -0.39 is 23.0 Å². The van der Waals surface area contributed by atoms with Crippen molar-refractivity contribution in [3.8, 4) is 11.5 Å². The highest BCUT2D eigenvalue weighted by molar-refractivity contribution is 5.94. The van der Waals surface area contributed by atoms with E-state index in [1.165, 1.54) is 24.3 Å². The first-order chi connectivity index (χ1) is 17.4. The number of amides is 1. The average Bonchev–Trinajstić information content (AvgIpc) is 3.40. The van der Waals surface area contributed by atoms with Gasteiger partial charge in [0, 0.05) is 23.3 Å². The quantitative estimate of drug-likeness (QED) is 0.202. The van der Waals surface area contributed by atoms with Gasteiger partial charge in [-0.15, -0.1) is 10.2 Å². The minimum Gasteiger partial charge on any atom is -0.453 e. The van der Waals surface area contributed by atoms with Crippen LogP contribution in [0.15, 0.2) is 89.3 Å². The van der Waals surface area contributed by atoms with Gasteiger partial charge in [0.1, 0.15) is 0 Å². The standard InChI is InChI=1S/C26H22N4O6/c1-17(25-28-29-26(36-25)20-12-14-21(15-13-20)30(33)34)35-23(31)16-22(18-8-4-2-5-9-18)27-24(32)19-10-6-3-7-11-19/h2-15,17,22H,16H2,1H3,(H,27,32). The molecule has 2 unspecified atom stereocenters. The number of carbonyl (C=O) groups is 2. The minimum atomic E-state index is -0.849. The Labute approximate surface area is 206 Å². The van der Waals surface area contributed by atoms with Crippen LogP contribution in [0.2, 0.25) is 0 Å². The van der Waals surface area contributed by atoms with Crippen molar-refractivity contribution in [3.05, 3.63) is 112 Å². The molecule has 10 nitrogen and oxygen atoms in total. The summed E-state index contributed by atoms with van der Waals surface area (Å²) in [4.78, 5) is 35.8. The van der Waals surface area contributed by atoms with Crippen LogP contribution in [-0.2, 0) is 9.53 Å². The van der Waals surface area contributed by atoms with Crippen molar-refractivity contribution in [1.29, 1.82) is 0 Å². The van der Waals surface area contributed by atoms with Crippen LogP contribution in [0.25, 0.3) is 11.5 Å². The first-order valence-corrected chi connectivity index (χ1v) is 11.1. The van der Waals surface area contributed by atoms with Crippen LogP contribution in [0.3, 0.4) is 0 Å². The van der Waals surface area contributed by atoms with Gasteiger partial charge in [0.15, 0.2) is 6.10 Å². The SMILES string of the molecule is CC(OC(=O)CC(NC(=O)c1ccccc1)c1ccccc1)c1nnc(-c2ccc([N+](=O)[O-])cc2)o1. The summed E-state index contributed by atoms with van der Waals surface area (Å²) in [7, 11) is 0. The van der Waals surface area contributed by atoms with Crippen molar-refractivity contribution in [2.45, 2.75) is 25.5 Å². The number of rotatable bonds is 9. The number of aromatic nitrogens is 2. The number of nitro benzene ring substituents is 1. The molecule has 0 fully saturated rings. The van der Waals surface area contributed by atoms with Crippen molar-refractivity contribution in [1.82, 2.24) is 15.5 Å². The third kappa shape index (κ3) is 5.98. The molecule has 0 spiro atoms. The second-order valence-electron chi connectivity index (χ2n) is 7.89. The van der Waals surface area contributed by atoms with E-state index in [1.807, 2.05) is 36.4 Å². The van der Waals surface area contributed by atoms with Crippen LogP contribution in [-0.4, -0.2) is 27.0 Å². The van der Waals surface area contributed by atoms with Gasteiger partial charge in [0.2, 0.25) is 5.89 Å². The number of nitrogens with zero attached hydrogens (tertiary/aromatic N) is 3. The summed E-state index contributed by atoms with van der Waals surface area (Å²) < 4.78 is 11.1. The van der Waals surface area contributed by atoms with Crippen molar-refractivity contribution in [2.75, 3.05) is 0 Å². The Morgan fingerprint density at radius 3 is 2.25 bits per heavy atom. The summed E-state index contributed by atoms with van der Waals surface area (Å²) in [5, 5.41) is 21.6. The van der Waals surface area contributed by atoms with Crippen LogP contribution in [0.1, 0.15) is 47.3 Å². The normalized spacial score (nSPS) is 12.4. The van der Waals surface area contributed by atoms with Crippen molar-refractivity contribution < 1.29 is 23.7 Å². The van der Waals surface area contributed by atoms with E-state index in [-0.39, 0.29) is 29.8 Å².